The third kappa shape index (κ3) is 19.8. The largest absolute Gasteiger partial charge is 0.508 e. The highest BCUT2D eigenvalue weighted by Gasteiger charge is 2.15. The molecule has 0 aliphatic heterocycles. The first kappa shape index (κ1) is 34.8. The lowest BCUT2D eigenvalue weighted by Crippen LogP contribution is -2.01. The van der Waals surface area contributed by atoms with Gasteiger partial charge in [0.25, 0.3) is 0 Å². The molecular weight excluding hydrogens is 460 g/mol. The summed E-state index contributed by atoms with van der Waals surface area (Å²) in [6.07, 6.45) is 38.8. The minimum atomic E-state index is 0.515. The number of phenolic OH excluding ortho intramolecular Hbond substituents is 1. The summed E-state index contributed by atoms with van der Waals surface area (Å²) in [6, 6.07) is 6.20. The quantitative estimate of drug-likeness (QED) is 0.0892. The first-order valence-electron chi connectivity index (χ1n) is 17.1. The number of aromatic hydroxyl groups is 1. The molecule has 0 saturated heterocycles. The molecule has 0 radical (unpaired) electrons. The first-order chi connectivity index (χ1) is 18.7. The van der Waals surface area contributed by atoms with Crippen LogP contribution in [0, 0.1) is 6.92 Å². The Hall–Kier alpha value is -1.24. The molecule has 0 aliphatic carbocycles. The molecule has 220 valence electrons. The Morgan fingerprint density at radius 3 is 1.39 bits per heavy atom. The van der Waals surface area contributed by atoms with Gasteiger partial charge in [0.1, 0.15) is 5.75 Å². The second-order valence-corrected chi connectivity index (χ2v) is 12.1. The molecule has 0 saturated carbocycles. The molecule has 0 aliphatic rings. The first-order valence-corrected chi connectivity index (χ1v) is 17.1. The van der Waals surface area contributed by atoms with Crippen LogP contribution < -0.4 is 0 Å². The fourth-order valence-corrected chi connectivity index (χ4v) is 5.80. The van der Waals surface area contributed by atoms with Crippen LogP contribution in [-0.2, 0) is 0 Å². The molecule has 0 fully saturated rings. The minimum absolute atomic E-state index is 0.515. The van der Waals surface area contributed by atoms with E-state index in [2.05, 4.69) is 39.0 Å². The Bertz CT molecular complexity index is 661. The van der Waals surface area contributed by atoms with Crippen LogP contribution in [0.1, 0.15) is 191 Å². The van der Waals surface area contributed by atoms with E-state index in [4.69, 9.17) is 0 Å². The predicted octanol–water partition coefficient (Wildman–Crippen LogP) is 13.1. The molecule has 1 heteroatoms. The summed E-state index contributed by atoms with van der Waals surface area (Å²) >= 11 is 0. The van der Waals surface area contributed by atoms with Crippen molar-refractivity contribution in [1.82, 2.24) is 0 Å². The predicted molar refractivity (Wildman–Crippen MR) is 171 cm³/mol. The SMILES string of the molecule is CCCCCCCC/C=C\CCCCCCCCC(CCCCCCCCCCC)c1cc(C)ccc1O. The fourth-order valence-electron chi connectivity index (χ4n) is 5.80. The van der Waals surface area contributed by atoms with E-state index in [0.29, 0.717) is 11.7 Å². The lowest BCUT2D eigenvalue weighted by atomic mass is 9.87. The molecule has 0 bridgehead atoms. The highest BCUT2D eigenvalue weighted by molar-refractivity contribution is 5.38. The Morgan fingerprint density at radius 1 is 0.553 bits per heavy atom. The van der Waals surface area contributed by atoms with Crippen LogP contribution >= 0.6 is 0 Å². The summed E-state index contributed by atoms with van der Waals surface area (Å²) in [6.45, 7) is 6.74. The molecule has 1 atom stereocenters. The molecule has 0 amide bonds. The monoisotopic (exact) mass is 527 g/mol. The number of phenols is 1. The standard InChI is InChI=1S/C37H66O/c1-4-6-8-10-12-14-15-16-17-18-19-20-22-24-26-28-30-35(36-33-34(3)31-32-37(36)38)29-27-25-23-21-13-11-9-7-5-2/h16-17,31-33,35,38H,4-15,18-30H2,1-3H3/b17-16-. The van der Waals surface area contributed by atoms with Crippen molar-refractivity contribution in [1.29, 1.82) is 0 Å². The van der Waals surface area contributed by atoms with Gasteiger partial charge in [0.2, 0.25) is 0 Å². The molecular formula is C37H66O. The van der Waals surface area contributed by atoms with Crippen LogP contribution in [-0.4, -0.2) is 5.11 Å². The van der Waals surface area contributed by atoms with E-state index in [1.165, 1.54) is 172 Å². The Balaban J connectivity index is 2.16. The Labute approximate surface area is 239 Å². The van der Waals surface area contributed by atoms with Crippen molar-refractivity contribution in [2.24, 2.45) is 0 Å². The fraction of sp³-hybridized carbons (Fsp3) is 0.784. The number of unbranched alkanes of at least 4 members (excludes halogenated alkanes) is 20. The van der Waals surface area contributed by atoms with Crippen LogP contribution in [0.15, 0.2) is 30.4 Å². The van der Waals surface area contributed by atoms with Crippen LogP contribution in [0.5, 0.6) is 5.75 Å². The Morgan fingerprint density at radius 2 is 0.947 bits per heavy atom. The molecule has 0 heterocycles. The van der Waals surface area contributed by atoms with Gasteiger partial charge in [-0.1, -0.05) is 166 Å². The maximum absolute atomic E-state index is 10.6. The van der Waals surface area contributed by atoms with Gasteiger partial charge >= 0.3 is 0 Å². The van der Waals surface area contributed by atoms with Gasteiger partial charge in [0.15, 0.2) is 0 Å². The summed E-state index contributed by atoms with van der Waals surface area (Å²) in [4.78, 5) is 0. The van der Waals surface area contributed by atoms with Gasteiger partial charge in [-0.05, 0) is 63.0 Å². The Kier molecular flexibility index (Phi) is 23.8. The zero-order valence-electron chi connectivity index (χ0n) is 26.1. The molecule has 0 spiro atoms. The molecule has 1 aromatic carbocycles. The topological polar surface area (TPSA) is 20.2 Å². The van der Waals surface area contributed by atoms with E-state index in [1.807, 2.05) is 12.1 Å². The van der Waals surface area contributed by atoms with Gasteiger partial charge in [-0.25, -0.2) is 0 Å². The molecule has 1 nitrogen and oxygen atoms in total. The highest BCUT2D eigenvalue weighted by Crippen LogP contribution is 2.34. The number of benzene rings is 1. The van der Waals surface area contributed by atoms with E-state index in [0.717, 1.165) is 0 Å². The van der Waals surface area contributed by atoms with Crippen LogP contribution in [0.25, 0.3) is 0 Å². The average molecular weight is 527 g/mol. The van der Waals surface area contributed by atoms with E-state index in [-0.39, 0.29) is 0 Å². The number of allylic oxidation sites excluding steroid dienone is 2. The van der Waals surface area contributed by atoms with Gasteiger partial charge in [-0.15, -0.1) is 0 Å². The molecule has 0 aromatic heterocycles. The van der Waals surface area contributed by atoms with Gasteiger partial charge in [0, 0.05) is 0 Å². The highest BCUT2D eigenvalue weighted by atomic mass is 16.3. The maximum Gasteiger partial charge on any atom is 0.119 e. The zero-order valence-corrected chi connectivity index (χ0v) is 26.1. The number of rotatable bonds is 27. The van der Waals surface area contributed by atoms with Crippen molar-refractivity contribution in [3.05, 3.63) is 41.5 Å². The second kappa shape index (κ2) is 26.0. The maximum atomic E-state index is 10.6. The lowest BCUT2D eigenvalue weighted by molar-refractivity contribution is 0.437. The molecule has 1 rings (SSSR count). The van der Waals surface area contributed by atoms with Gasteiger partial charge in [-0.3, -0.25) is 0 Å². The second-order valence-electron chi connectivity index (χ2n) is 12.1. The summed E-state index contributed by atoms with van der Waals surface area (Å²) in [7, 11) is 0. The van der Waals surface area contributed by atoms with Crippen molar-refractivity contribution in [2.45, 2.75) is 187 Å². The van der Waals surface area contributed by atoms with Crippen LogP contribution in [0.2, 0.25) is 0 Å². The van der Waals surface area contributed by atoms with Crippen molar-refractivity contribution < 1.29 is 5.11 Å². The van der Waals surface area contributed by atoms with E-state index in [1.54, 1.807) is 0 Å². The van der Waals surface area contributed by atoms with Crippen molar-refractivity contribution in [3.63, 3.8) is 0 Å². The average Bonchev–Trinajstić information content (AvgIpc) is 2.92. The van der Waals surface area contributed by atoms with Crippen LogP contribution in [0.4, 0.5) is 0 Å². The number of aryl methyl sites for hydroxylation is 1. The van der Waals surface area contributed by atoms with E-state index in [9.17, 15) is 5.11 Å². The lowest BCUT2D eigenvalue weighted by Gasteiger charge is -2.19. The van der Waals surface area contributed by atoms with E-state index >= 15 is 0 Å². The van der Waals surface area contributed by atoms with Gasteiger partial charge in [0.05, 0.1) is 0 Å². The smallest absolute Gasteiger partial charge is 0.119 e. The van der Waals surface area contributed by atoms with Gasteiger partial charge < -0.3 is 5.11 Å². The summed E-state index contributed by atoms with van der Waals surface area (Å²) in [5.41, 5.74) is 2.48. The molecule has 38 heavy (non-hydrogen) atoms. The van der Waals surface area contributed by atoms with Gasteiger partial charge in [-0.2, -0.15) is 0 Å². The normalized spacial score (nSPS) is 12.5. The van der Waals surface area contributed by atoms with Crippen molar-refractivity contribution in [2.75, 3.05) is 0 Å². The summed E-state index contributed by atoms with van der Waals surface area (Å²) < 4.78 is 0. The van der Waals surface area contributed by atoms with E-state index < -0.39 is 0 Å². The minimum Gasteiger partial charge on any atom is -0.508 e. The van der Waals surface area contributed by atoms with Crippen LogP contribution in [0.3, 0.4) is 0 Å². The number of hydrogen-bond acceptors (Lipinski definition) is 1. The summed E-state index contributed by atoms with van der Waals surface area (Å²) in [5, 5.41) is 10.6. The van der Waals surface area contributed by atoms with Crippen molar-refractivity contribution in [3.8, 4) is 5.75 Å². The number of hydrogen-bond donors (Lipinski definition) is 1. The zero-order chi connectivity index (χ0) is 27.5. The summed E-state index contributed by atoms with van der Waals surface area (Å²) in [5.74, 6) is 1.04. The molecule has 1 aromatic rings. The van der Waals surface area contributed by atoms with Crippen molar-refractivity contribution >= 4 is 0 Å². The molecule has 1 N–H and O–H groups in total. The molecule has 1 unspecified atom stereocenters. The third-order valence-electron chi connectivity index (χ3n) is 8.34. The third-order valence-corrected chi connectivity index (χ3v) is 8.34.